The molecule has 1 aromatic carbocycles. The van der Waals surface area contributed by atoms with Crippen LogP contribution in [0.15, 0.2) is 36.6 Å². The summed E-state index contributed by atoms with van der Waals surface area (Å²) in [5.74, 6) is 2.02. The molecule has 0 amide bonds. The Hall–Kier alpha value is -2.43. The van der Waals surface area contributed by atoms with E-state index in [-0.39, 0.29) is 53.4 Å². The van der Waals surface area contributed by atoms with E-state index in [0.717, 1.165) is 25.7 Å². The van der Waals surface area contributed by atoms with Crippen molar-refractivity contribution in [3.8, 4) is 0 Å². The fourth-order valence-corrected chi connectivity index (χ4v) is 8.42. The van der Waals surface area contributed by atoms with Crippen LogP contribution in [0.2, 0.25) is 0 Å². The maximum absolute atomic E-state index is 12.2. The highest BCUT2D eigenvalue weighted by atomic mass is 16.6. The van der Waals surface area contributed by atoms with Gasteiger partial charge in [0.15, 0.2) is 0 Å². The van der Waals surface area contributed by atoms with Crippen molar-refractivity contribution < 1.29 is 23.9 Å². The lowest BCUT2D eigenvalue weighted by molar-refractivity contribution is -0.154. The fourth-order valence-electron chi connectivity index (χ4n) is 8.42. The van der Waals surface area contributed by atoms with Crippen LogP contribution in [0.1, 0.15) is 48.6 Å². The number of rotatable bonds is 2. The second-order valence-electron chi connectivity index (χ2n) is 10.4. The van der Waals surface area contributed by atoms with E-state index in [1.54, 1.807) is 0 Å². The zero-order chi connectivity index (χ0) is 20.3. The smallest absolute Gasteiger partial charge is 0.317 e. The predicted octanol–water partition coefficient (Wildman–Crippen LogP) is 3.55. The summed E-state index contributed by atoms with van der Waals surface area (Å²) in [4.78, 5) is 36.3. The third kappa shape index (κ3) is 2.01. The molecule has 6 fully saturated rings. The van der Waals surface area contributed by atoms with Crippen molar-refractivity contribution in [2.24, 2.45) is 47.3 Å². The van der Waals surface area contributed by atoms with Crippen LogP contribution >= 0.6 is 0 Å². The van der Waals surface area contributed by atoms with Gasteiger partial charge in [0.25, 0.3) is 0 Å². The Kier molecular flexibility index (Phi) is 3.24. The van der Waals surface area contributed by atoms with Gasteiger partial charge in [0, 0.05) is 5.92 Å². The van der Waals surface area contributed by atoms with Gasteiger partial charge in [0.1, 0.15) is 5.76 Å². The molecule has 0 radical (unpaired) electrons. The fraction of sp³-hybridized carbons (Fsp3) is 0.560. The van der Waals surface area contributed by atoms with Crippen molar-refractivity contribution in [1.82, 2.24) is 0 Å². The summed E-state index contributed by atoms with van der Waals surface area (Å²) in [5.41, 5.74) is 2.62. The number of carbonyl (C=O) groups excluding carboxylic acids is 3. The van der Waals surface area contributed by atoms with E-state index < -0.39 is 0 Å². The Labute approximate surface area is 174 Å². The molecule has 4 saturated carbocycles. The Morgan fingerprint density at radius 1 is 0.633 bits per heavy atom. The van der Waals surface area contributed by atoms with Crippen LogP contribution in [0.4, 0.5) is 0 Å². The van der Waals surface area contributed by atoms with Gasteiger partial charge < -0.3 is 9.47 Å². The number of carbonyl (C=O) groups is 3. The predicted molar refractivity (Wildman–Crippen MR) is 105 cm³/mol. The average Bonchev–Trinajstić information content (AvgIpc) is 3.54. The molecular formula is C25H24O5. The van der Waals surface area contributed by atoms with E-state index in [1.165, 1.54) is 11.1 Å². The zero-order valence-corrected chi connectivity index (χ0v) is 16.7. The number of hydrogen-bond donors (Lipinski definition) is 0. The molecular weight excluding hydrogens is 380 g/mol. The molecule has 7 rings (SSSR count). The van der Waals surface area contributed by atoms with Crippen LogP contribution in [0.25, 0.3) is 0 Å². The minimum atomic E-state index is -0.302. The van der Waals surface area contributed by atoms with Gasteiger partial charge in [0.05, 0.1) is 17.8 Å². The van der Waals surface area contributed by atoms with Gasteiger partial charge in [-0.2, -0.15) is 0 Å². The second kappa shape index (κ2) is 5.63. The molecule has 5 nitrogen and oxygen atoms in total. The summed E-state index contributed by atoms with van der Waals surface area (Å²) in [7, 11) is 0. The van der Waals surface area contributed by atoms with E-state index in [0.29, 0.717) is 29.4 Å². The van der Waals surface area contributed by atoms with Gasteiger partial charge in [-0.15, -0.1) is 0 Å². The van der Waals surface area contributed by atoms with Crippen LogP contribution in [0.5, 0.6) is 0 Å². The summed E-state index contributed by atoms with van der Waals surface area (Å²) in [5, 5.41) is 0. The highest BCUT2D eigenvalue weighted by molar-refractivity contribution is 5.97. The largest absolute Gasteiger partial charge is 0.431 e. The maximum Gasteiger partial charge on any atom is 0.317 e. The van der Waals surface area contributed by atoms with E-state index in [4.69, 9.17) is 9.47 Å². The average molecular weight is 404 g/mol. The van der Waals surface area contributed by atoms with Gasteiger partial charge >= 0.3 is 17.9 Å². The number of esters is 3. The van der Waals surface area contributed by atoms with Crippen LogP contribution in [-0.4, -0.2) is 17.9 Å². The van der Waals surface area contributed by atoms with Crippen molar-refractivity contribution >= 4 is 17.9 Å². The first-order valence-electron chi connectivity index (χ1n) is 11.3. The first-order valence-corrected chi connectivity index (χ1v) is 11.3. The number of ether oxygens (including phenoxy) is 2. The minimum absolute atomic E-state index is 0.0360. The maximum atomic E-state index is 12.2. The lowest BCUT2D eigenvalue weighted by Gasteiger charge is -2.30. The van der Waals surface area contributed by atoms with Crippen LogP contribution in [0, 0.1) is 47.3 Å². The van der Waals surface area contributed by atoms with Gasteiger partial charge in [-0.1, -0.05) is 30.8 Å². The van der Waals surface area contributed by atoms with Gasteiger partial charge in [0.2, 0.25) is 0 Å². The Morgan fingerprint density at radius 2 is 1.10 bits per heavy atom. The first kappa shape index (κ1) is 17.3. The monoisotopic (exact) mass is 404 g/mol. The molecule has 5 heteroatoms. The van der Waals surface area contributed by atoms with E-state index in [1.807, 2.05) is 0 Å². The molecule has 6 aliphatic rings. The normalized spacial score (nSPS) is 47.6. The Bertz CT molecular complexity index is 928. The minimum Gasteiger partial charge on any atom is -0.431 e. The second-order valence-corrected chi connectivity index (χ2v) is 10.4. The molecule has 2 saturated heterocycles. The number of benzene rings is 1. The third-order valence-corrected chi connectivity index (χ3v) is 9.42. The molecule has 30 heavy (non-hydrogen) atoms. The number of allylic oxidation sites excluding steroid dienone is 1. The van der Waals surface area contributed by atoms with E-state index >= 15 is 0 Å². The van der Waals surface area contributed by atoms with Crippen molar-refractivity contribution in [3.05, 3.63) is 47.7 Å². The highest BCUT2D eigenvalue weighted by Gasteiger charge is 2.63. The van der Waals surface area contributed by atoms with Crippen molar-refractivity contribution in [1.29, 1.82) is 0 Å². The topological polar surface area (TPSA) is 69.7 Å². The summed E-state index contributed by atoms with van der Waals surface area (Å²) >= 11 is 0. The standard InChI is InChI=1S/C25H24O5/c1-10-19-17-8-13(20(19)23(26)29-10)6-15(17)11-2-4-12(5-3-11)16-7-14-9-18(16)22-21(14)24(27)30-25(22)28/h2-5,13-22H,1,6-9H2. The Balaban J connectivity index is 1.13. The molecule has 10 atom stereocenters. The van der Waals surface area contributed by atoms with Gasteiger partial charge in [-0.3, -0.25) is 14.4 Å². The molecule has 4 bridgehead atoms. The van der Waals surface area contributed by atoms with Gasteiger partial charge in [-0.05, 0) is 72.3 Å². The van der Waals surface area contributed by atoms with Crippen molar-refractivity contribution in [2.75, 3.05) is 0 Å². The molecule has 154 valence electrons. The lowest BCUT2D eigenvalue weighted by Crippen LogP contribution is -2.29. The third-order valence-electron chi connectivity index (χ3n) is 9.42. The summed E-state index contributed by atoms with van der Waals surface area (Å²) < 4.78 is 10.3. The lowest BCUT2D eigenvalue weighted by atomic mass is 9.71. The first-order chi connectivity index (χ1) is 14.5. The van der Waals surface area contributed by atoms with E-state index in [9.17, 15) is 14.4 Å². The van der Waals surface area contributed by atoms with Crippen molar-refractivity contribution in [2.45, 2.75) is 37.5 Å². The molecule has 4 aliphatic carbocycles. The summed E-state index contributed by atoms with van der Waals surface area (Å²) in [6.07, 6.45) is 4.10. The summed E-state index contributed by atoms with van der Waals surface area (Å²) in [6, 6.07) is 8.95. The molecule has 0 N–H and O–H groups in total. The molecule has 2 aliphatic heterocycles. The zero-order valence-electron chi connectivity index (χ0n) is 16.7. The Morgan fingerprint density at radius 3 is 1.70 bits per heavy atom. The molecule has 0 aromatic heterocycles. The summed E-state index contributed by atoms with van der Waals surface area (Å²) in [6.45, 7) is 4.02. The van der Waals surface area contributed by atoms with Crippen LogP contribution < -0.4 is 0 Å². The van der Waals surface area contributed by atoms with Crippen LogP contribution in [0.3, 0.4) is 0 Å². The SMILES string of the molecule is C=C1OC(=O)C2C3CC(c4ccc(C5CC6CC5C5C(=O)OC(=O)C65)cc4)C(C3)C12. The van der Waals surface area contributed by atoms with E-state index in [2.05, 4.69) is 30.8 Å². The number of fused-ring (bicyclic) bond motifs is 10. The molecule has 10 unspecified atom stereocenters. The number of hydrogen-bond acceptors (Lipinski definition) is 5. The molecule has 1 aromatic rings. The van der Waals surface area contributed by atoms with Gasteiger partial charge in [-0.25, -0.2) is 0 Å². The molecule has 0 spiro atoms. The quantitative estimate of drug-likeness (QED) is 0.557. The highest BCUT2D eigenvalue weighted by Crippen LogP contribution is 2.64. The molecule has 2 heterocycles. The van der Waals surface area contributed by atoms with Crippen molar-refractivity contribution in [3.63, 3.8) is 0 Å². The van der Waals surface area contributed by atoms with Crippen LogP contribution in [-0.2, 0) is 23.9 Å². The number of cyclic esters (lactones) is 3.